The molecule has 0 aliphatic carbocycles. The van der Waals surface area contributed by atoms with Crippen LogP contribution >= 0.6 is 0 Å². The van der Waals surface area contributed by atoms with Crippen LogP contribution in [0.15, 0.2) is 36.4 Å². The molecule has 1 heterocycles. The van der Waals surface area contributed by atoms with Crippen molar-refractivity contribution in [2.24, 2.45) is 0 Å². The number of nitrogens with one attached hydrogen (secondary N) is 2. The van der Waals surface area contributed by atoms with E-state index >= 15 is 0 Å². The minimum atomic E-state index is -0.161. The molecular weight excluding hydrogens is 214 g/mol. The minimum Gasteiger partial charge on any atom is -0.344 e. The molecule has 0 aliphatic rings. The minimum absolute atomic E-state index is 0.0271. The largest absolute Gasteiger partial charge is 0.344 e. The van der Waals surface area contributed by atoms with Crippen LogP contribution in [0, 0.1) is 6.92 Å². The van der Waals surface area contributed by atoms with Gasteiger partial charge in [-0.15, -0.1) is 0 Å². The average Bonchev–Trinajstić information content (AvgIpc) is 2.77. The third kappa shape index (κ3) is 2.72. The molecule has 0 bridgehead atoms. The smallest absolute Gasteiger partial charge is 0.272 e. The predicted molar refractivity (Wildman–Crippen MR) is 65.6 cm³/mol. The molecule has 0 fully saturated rings. The summed E-state index contributed by atoms with van der Waals surface area (Å²) in [6, 6.07) is 11.5. The second-order valence-electron chi connectivity index (χ2n) is 4.04. The Labute approximate surface area is 100 Å². The fourth-order valence-electron chi connectivity index (χ4n) is 1.63. The molecule has 0 saturated carbocycles. The van der Waals surface area contributed by atoms with E-state index in [1.54, 1.807) is 6.07 Å². The Bertz CT molecular complexity index is 504. The van der Waals surface area contributed by atoms with E-state index in [-0.39, 0.29) is 11.9 Å². The Morgan fingerprint density at radius 1 is 1.35 bits per heavy atom. The Hall–Kier alpha value is -2.10. The zero-order chi connectivity index (χ0) is 12.3. The van der Waals surface area contributed by atoms with Crippen LogP contribution in [0.1, 0.15) is 34.7 Å². The van der Waals surface area contributed by atoms with Gasteiger partial charge in [-0.05, 0) is 25.5 Å². The van der Waals surface area contributed by atoms with Crippen LogP contribution in [0.25, 0.3) is 0 Å². The zero-order valence-corrected chi connectivity index (χ0v) is 9.90. The maximum atomic E-state index is 11.8. The number of aromatic amines is 1. The SMILES string of the molecule is Cc1cc(C(=O)NC(C)c2ccccc2)n[nH]1. The lowest BCUT2D eigenvalue weighted by Crippen LogP contribution is -2.26. The van der Waals surface area contributed by atoms with Crippen LogP contribution in [0.3, 0.4) is 0 Å². The van der Waals surface area contributed by atoms with Crippen molar-refractivity contribution >= 4 is 5.91 Å². The topological polar surface area (TPSA) is 57.8 Å². The number of aryl methyl sites for hydroxylation is 1. The number of amides is 1. The van der Waals surface area contributed by atoms with E-state index < -0.39 is 0 Å². The molecule has 88 valence electrons. The van der Waals surface area contributed by atoms with Gasteiger partial charge < -0.3 is 5.32 Å². The van der Waals surface area contributed by atoms with Gasteiger partial charge in [0.05, 0.1) is 6.04 Å². The number of nitrogens with zero attached hydrogens (tertiary/aromatic N) is 1. The van der Waals surface area contributed by atoms with Gasteiger partial charge in [-0.3, -0.25) is 9.89 Å². The van der Waals surface area contributed by atoms with Crippen LogP contribution in [0.2, 0.25) is 0 Å². The number of benzene rings is 1. The lowest BCUT2D eigenvalue weighted by Gasteiger charge is -2.12. The molecule has 2 N–H and O–H groups in total. The van der Waals surface area contributed by atoms with Crippen molar-refractivity contribution in [2.75, 3.05) is 0 Å². The van der Waals surface area contributed by atoms with Crippen molar-refractivity contribution in [3.8, 4) is 0 Å². The van der Waals surface area contributed by atoms with Crippen molar-refractivity contribution in [2.45, 2.75) is 19.9 Å². The first-order chi connectivity index (χ1) is 8.16. The Morgan fingerprint density at radius 2 is 2.06 bits per heavy atom. The summed E-state index contributed by atoms with van der Waals surface area (Å²) in [5, 5.41) is 9.58. The lowest BCUT2D eigenvalue weighted by molar-refractivity contribution is 0.0935. The lowest BCUT2D eigenvalue weighted by atomic mass is 10.1. The molecule has 4 heteroatoms. The molecule has 1 aromatic heterocycles. The Kier molecular flexibility index (Phi) is 3.23. The van der Waals surface area contributed by atoms with Crippen molar-refractivity contribution in [1.29, 1.82) is 0 Å². The normalized spacial score (nSPS) is 12.1. The number of carbonyl (C=O) groups excluding carboxylic acids is 1. The van der Waals surface area contributed by atoms with Gasteiger partial charge in [-0.1, -0.05) is 30.3 Å². The van der Waals surface area contributed by atoms with Crippen molar-refractivity contribution in [1.82, 2.24) is 15.5 Å². The van der Waals surface area contributed by atoms with E-state index in [0.717, 1.165) is 11.3 Å². The average molecular weight is 229 g/mol. The van der Waals surface area contributed by atoms with E-state index in [1.807, 2.05) is 44.2 Å². The maximum absolute atomic E-state index is 11.8. The second kappa shape index (κ2) is 4.82. The number of carbonyl (C=O) groups is 1. The number of aromatic nitrogens is 2. The highest BCUT2D eigenvalue weighted by atomic mass is 16.2. The van der Waals surface area contributed by atoms with Crippen molar-refractivity contribution < 1.29 is 4.79 Å². The van der Waals surface area contributed by atoms with Gasteiger partial charge in [0.15, 0.2) is 0 Å². The number of rotatable bonds is 3. The quantitative estimate of drug-likeness (QED) is 0.847. The van der Waals surface area contributed by atoms with Crippen LogP contribution < -0.4 is 5.32 Å². The van der Waals surface area contributed by atoms with Crippen LogP contribution in [-0.2, 0) is 0 Å². The van der Waals surface area contributed by atoms with Crippen LogP contribution in [0.5, 0.6) is 0 Å². The number of hydrogen-bond acceptors (Lipinski definition) is 2. The van der Waals surface area contributed by atoms with E-state index in [4.69, 9.17) is 0 Å². The summed E-state index contributed by atoms with van der Waals surface area (Å²) in [5.74, 6) is -0.161. The summed E-state index contributed by atoms with van der Waals surface area (Å²) < 4.78 is 0. The molecule has 1 amide bonds. The molecule has 1 aromatic carbocycles. The van der Waals surface area contributed by atoms with E-state index in [1.165, 1.54) is 0 Å². The van der Waals surface area contributed by atoms with Crippen LogP contribution in [-0.4, -0.2) is 16.1 Å². The molecule has 0 saturated heterocycles. The summed E-state index contributed by atoms with van der Waals surface area (Å²) in [4.78, 5) is 11.8. The molecule has 17 heavy (non-hydrogen) atoms. The third-order valence-electron chi connectivity index (χ3n) is 2.59. The summed E-state index contributed by atoms with van der Waals surface area (Å²) in [5.41, 5.74) is 2.38. The molecule has 2 rings (SSSR count). The standard InChI is InChI=1S/C13H15N3O/c1-9-8-12(16-15-9)13(17)14-10(2)11-6-4-3-5-7-11/h3-8,10H,1-2H3,(H,14,17)(H,15,16). The van der Waals surface area contributed by atoms with Crippen LogP contribution in [0.4, 0.5) is 0 Å². The maximum Gasteiger partial charge on any atom is 0.272 e. The summed E-state index contributed by atoms with van der Waals surface area (Å²) in [6.07, 6.45) is 0. The number of H-pyrrole nitrogens is 1. The molecule has 1 atom stereocenters. The predicted octanol–water partition coefficient (Wildman–Crippen LogP) is 2.21. The zero-order valence-electron chi connectivity index (χ0n) is 9.90. The molecule has 0 aliphatic heterocycles. The van der Waals surface area contributed by atoms with Crippen molar-refractivity contribution in [3.63, 3.8) is 0 Å². The first-order valence-electron chi connectivity index (χ1n) is 5.54. The van der Waals surface area contributed by atoms with Gasteiger partial charge in [-0.25, -0.2) is 0 Å². The molecule has 2 aromatic rings. The molecule has 4 nitrogen and oxygen atoms in total. The summed E-state index contributed by atoms with van der Waals surface area (Å²) in [6.45, 7) is 3.82. The van der Waals surface area contributed by atoms with Gasteiger partial charge in [0.1, 0.15) is 5.69 Å². The Balaban J connectivity index is 2.04. The van der Waals surface area contributed by atoms with Gasteiger partial charge in [0, 0.05) is 5.69 Å². The number of hydrogen-bond donors (Lipinski definition) is 2. The third-order valence-corrected chi connectivity index (χ3v) is 2.59. The van der Waals surface area contributed by atoms with E-state index in [2.05, 4.69) is 15.5 Å². The van der Waals surface area contributed by atoms with Gasteiger partial charge in [-0.2, -0.15) is 5.10 Å². The van der Waals surface area contributed by atoms with E-state index in [9.17, 15) is 4.79 Å². The molecule has 1 unspecified atom stereocenters. The fraction of sp³-hybridized carbons (Fsp3) is 0.231. The van der Waals surface area contributed by atoms with Crippen molar-refractivity contribution in [3.05, 3.63) is 53.3 Å². The summed E-state index contributed by atoms with van der Waals surface area (Å²) in [7, 11) is 0. The highest BCUT2D eigenvalue weighted by Crippen LogP contribution is 2.11. The van der Waals surface area contributed by atoms with E-state index in [0.29, 0.717) is 5.69 Å². The second-order valence-corrected chi connectivity index (χ2v) is 4.04. The van der Waals surface area contributed by atoms with Gasteiger partial charge in [0.25, 0.3) is 5.91 Å². The first-order valence-corrected chi connectivity index (χ1v) is 5.54. The highest BCUT2D eigenvalue weighted by Gasteiger charge is 2.13. The first kappa shape index (κ1) is 11.4. The molecule has 0 radical (unpaired) electrons. The monoisotopic (exact) mass is 229 g/mol. The summed E-state index contributed by atoms with van der Waals surface area (Å²) >= 11 is 0. The van der Waals surface area contributed by atoms with Gasteiger partial charge >= 0.3 is 0 Å². The highest BCUT2D eigenvalue weighted by molar-refractivity contribution is 5.92. The fourth-order valence-corrected chi connectivity index (χ4v) is 1.63. The molecule has 0 spiro atoms. The van der Waals surface area contributed by atoms with Gasteiger partial charge in [0.2, 0.25) is 0 Å². The molecular formula is C13H15N3O. The Morgan fingerprint density at radius 3 is 2.65 bits per heavy atom.